The summed E-state index contributed by atoms with van der Waals surface area (Å²) in [7, 11) is 0. The maximum Gasteiger partial charge on any atom is 0.185 e. The minimum atomic E-state index is 0.495. The maximum absolute atomic E-state index is 8.99. The molecule has 94 valence electrons. The summed E-state index contributed by atoms with van der Waals surface area (Å²) in [6, 6.07) is 2.13. The molecule has 0 N–H and O–H groups in total. The number of hydrogen-bond acceptors (Lipinski definition) is 3. The van der Waals surface area contributed by atoms with Gasteiger partial charge in [-0.1, -0.05) is 45.2 Å². The van der Waals surface area contributed by atoms with Gasteiger partial charge < -0.3 is 0 Å². The van der Waals surface area contributed by atoms with Gasteiger partial charge in [0.15, 0.2) is 5.69 Å². The van der Waals surface area contributed by atoms with Crippen LogP contribution in [0.1, 0.15) is 57.8 Å². The predicted octanol–water partition coefficient (Wildman–Crippen LogP) is 2.93. The Kier molecular flexibility index (Phi) is 5.68. The molecule has 0 amide bonds. The first-order valence-electron chi connectivity index (χ1n) is 6.51. The van der Waals surface area contributed by atoms with Crippen molar-refractivity contribution >= 4 is 0 Å². The Morgan fingerprint density at radius 3 is 2.65 bits per heavy atom. The van der Waals surface area contributed by atoms with E-state index in [-0.39, 0.29) is 0 Å². The molecule has 0 aliphatic rings. The van der Waals surface area contributed by atoms with Crippen LogP contribution in [-0.2, 0) is 13.0 Å². The quantitative estimate of drug-likeness (QED) is 0.682. The Hall–Kier alpha value is -1.37. The van der Waals surface area contributed by atoms with E-state index in [0.29, 0.717) is 11.6 Å². The van der Waals surface area contributed by atoms with Crippen LogP contribution in [0.5, 0.6) is 0 Å². The smallest absolute Gasteiger partial charge is 0.185 e. The zero-order valence-corrected chi connectivity index (χ0v) is 11.1. The Labute approximate surface area is 104 Å². The molecule has 0 aliphatic heterocycles. The molecule has 0 atom stereocenters. The van der Waals surface area contributed by atoms with Crippen molar-refractivity contribution in [2.45, 2.75) is 59.4 Å². The van der Waals surface area contributed by atoms with Gasteiger partial charge in [-0.3, -0.25) is 0 Å². The fraction of sp³-hybridized carbons (Fsp3) is 0.769. The third-order valence-corrected chi connectivity index (χ3v) is 2.77. The average Bonchev–Trinajstić information content (AvgIpc) is 2.66. The number of aromatic nitrogens is 3. The second-order valence-electron chi connectivity index (χ2n) is 4.88. The second-order valence-corrected chi connectivity index (χ2v) is 4.88. The predicted molar refractivity (Wildman–Crippen MR) is 67.4 cm³/mol. The van der Waals surface area contributed by atoms with Crippen molar-refractivity contribution < 1.29 is 0 Å². The van der Waals surface area contributed by atoms with Gasteiger partial charge in [0, 0.05) is 6.54 Å². The largest absolute Gasteiger partial charge is 0.248 e. The van der Waals surface area contributed by atoms with Crippen LogP contribution in [-0.4, -0.2) is 15.0 Å². The van der Waals surface area contributed by atoms with E-state index in [2.05, 4.69) is 37.2 Å². The summed E-state index contributed by atoms with van der Waals surface area (Å²) < 4.78 is 1.91. The third kappa shape index (κ3) is 4.18. The number of rotatable bonds is 7. The van der Waals surface area contributed by atoms with Crippen molar-refractivity contribution in [2.24, 2.45) is 5.92 Å². The van der Waals surface area contributed by atoms with Crippen molar-refractivity contribution in [1.82, 2.24) is 15.0 Å². The van der Waals surface area contributed by atoms with Gasteiger partial charge in [-0.05, 0) is 18.8 Å². The number of aryl methyl sites for hydroxylation is 1. The van der Waals surface area contributed by atoms with E-state index in [1.54, 1.807) is 0 Å². The van der Waals surface area contributed by atoms with Crippen molar-refractivity contribution in [3.8, 4) is 6.07 Å². The number of unbranched alkanes of at least 4 members (excludes halogenated alkanes) is 3. The van der Waals surface area contributed by atoms with E-state index in [0.717, 1.165) is 25.1 Å². The highest BCUT2D eigenvalue weighted by Crippen LogP contribution is 2.12. The molecule has 0 aliphatic carbocycles. The topological polar surface area (TPSA) is 54.5 Å². The summed E-state index contributed by atoms with van der Waals surface area (Å²) in [6.07, 6.45) is 5.72. The lowest BCUT2D eigenvalue weighted by molar-refractivity contribution is 0.496. The van der Waals surface area contributed by atoms with E-state index in [4.69, 9.17) is 5.26 Å². The molecule has 1 heterocycles. The summed E-state index contributed by atoms with van der Waals surface area (Å²) in [5.41, 5.74) is 1.49. The first kappa shape index (κ1) is 13.7. The molecule has 1 aromatic rings. The minimum absolute atomic E-state index is 0.495. The lowest BCUT2D eigenvalue weighted by Crippen LogP contribution is -2.08. The van der Waals surface area contributed by atoms with E-state index >= 15 is 0 Å². The molecule has 0 fully saturated rings. The molecule has 0 unspecified atom stereocenters. The van der Waals surface area contributed by atoms with Crippen LogP contribution in [0.3, 0.4) is 0 Å². The van der Waals surface area contributed by atoms with Gasteiger partial charge >= 0.3 is 0 Å². The summed E-state index contributed by atoms with van der Waals surface area (Å²) in [5, 5.41) is 17.0. The van der Waals surface area contributed by atoms with Gasteiger partial charge in [-0.15, -0.1) is 5.10 Å². The van der Waals surface area contributed by atoms with E-state index < -0.39 is 0 Å². The van der Waals surface area contributed by atoms with Crippen LogP contribution in [0, 0.1) is 17.2 Å². The lowest BCUT2D eigenvalue weighted by Gasteiger charge is -2.08. The molecule has 0 spiro atoms. The van der Waals surface area contributed by atoms with Gasteiger partial charge in [-0.2, -0.15) is 5.26 Å². The van der Waals surface area contributed by atoms with E-state index in [9.17, 15) is 0 Å². The summed E-state index contributed by atoms with van der Waals surface area (Å²) in [6.45, 7) is 7.38. The SMILES string of the molecule is CCCCCCn1nnc(C#N)c1CC(C)C. The van der Waals surface area contributed by atoms with Crippen LogP contribution in [0.25, 0.3) is 0 Å². The summed E-state index contributed by atoms with van der Waals surface area (Å²) >= 11 is 0. The molecule has 0 saturated heterocycles. The zero-order valence-electron chi connectivity index (χ0n) is 11.1. The maximum atomic E-state index is 8.99. The minimum Gasteiger partial charge on any atom is -0.248 e. The fourth-order valence-corrected chi connectivity index (χ4v) is 1.88. The molecule has 1 rings (SSSR count). The molecule has 1 aromatic heterocycles. The highest BCUT2D eigenvalue weighted by molar-refractivity contribution is 5.24. The summed E-state index contributed by atoms with van der Waals surface area (Å²) in [5.74, 6) is 0.523. The lowest BCUT2D eigenvalue weighted by atomic mass is 10.1. The van der Waals surface area contributed by atoms with Gasteiger partial charge in [-0.25, -0.2) is 4.68 Å². The van der Waals surface area contributed by atoms with Gasteiger partial charge in [0.1, 0.15) is 6.07 Å². The normalized spacial score (nSPS) is 10.8. The number of nitriles is 1. The summed E-state index contributed by atoms with van der Waals surface area (Å²) in [4.78, 5) is 0. The molecular formula is C13H22N4. The van der Waals surface area contributed by atoms with Gasteiger partial charge in [0.2, 0.25) is 0 Å². The Bertz CT molecular complexity index is 373. The molecule has 17 heavy (non-hydrogen) atoms. The molecule has 4 nitrogen and oxygen atoms in total. The van der Waals surface area contributed by atoms with E-state index in [1.807, 2.05) is 4.68 Å². The number of nitrogens with zero attached hydrogens (tertiary/aromatic N) is 4. The van der Waals surface area contributed by atoms with Gasteiger partial charge in [0.25, 0.3) is 0 Å². The standard InChI is InChI=1S/C13H22N4/c1-4-5-6-7-8-17-13(9-11(2)3)12(10-14)15-16-17/h11H,4-9H2,1-3H3. The molecular weight excluding hydrogens is 212 g/mol. The highest BCUT2D eigenvalue weighted by Gasteiger charge is 2.13. The van der Waals surface area contributed by atoms with Crippen LogP contribution in [0.15, 0.2) is 0 Å². The van der Waals surface area contributed by atoms with Crippen LogP contribution in [0.2, 0.25) is 0 Å². The average molecular weight is 234 g/mol. The first-order valence-corrected chi connectivity index (χ1v) is 6.51. The van der Waals surface area contributed by atoms with Gasteiger partial charge in [0.05, 0.1) is 5.69 Å². The van der Waals surface area contributed by atoms with Crippen molar-refractivity contribution in [2.75, 3.05) is 0 Å². The number of hydrogen-bond donors (Lipinski definition) is 0. The second kappa shape index (κ2) is 7.05. The Morgan fingerprint density at radius 1 is 1.29 bits per heavy atom. The Balaban J connectivity index is 2.64. The molecule has 0 saturated carbocycles. The van der Waals surface area contributed by atoms with Crippen LogP contribution >= 0.6 is 0 Å². The fourth-order valence-electron chi connectivity index (χ4n) is 1.88. The molecule has 0 bridgehead atoms. The van der Waals surface area contributed by atoms with Crippen molar-refractivity contribution in [3.63, 3.8) is 0 Å². The molecule has 0 aromatic carbocycles. The highest BCUT2D eigenvalue weighted by atomic mass is 15.4. The van der Waals surface area contributed by atoms with E-state index in [1.165, 1.54) is 19.3 Å². The first-order chi connectivity index (χ1) is 8.19. The van der Waals surface area contributed by atoms with Crippen LogP contribution < -0.4 is 0 Å². The molecule has 4 heteroatoms. The third-order valence-electron chi connectivity index (χ3n) is 2.77. The molecule has 0 radical (unpaired) electrons. The van der Waals surface area contributed by atoms with Crippen molar-refractivity contribution in [3.05, 3.63) is 11.4 Å². The van der Waals surface area contributed by atoms with Crippen molar-refractivity contribution in [1.29, 1.82) is 5.26 Å². The zero-order chi connectivity index (χ0) is 12.7. The monoisotopic (exact) mass is 234 g/mol. The van der Waals surface area contributed by atoms with Crippen LogP contribution in [0.4, 0.5) is 0 Å². The Morgan fingerprint density at radius 2 is 2.06 bits per heavy atom.